The van der Waals surface area contributed by atoms with Gasteiger partial charge in [0.15, 0.2) is 11.5 Å². The number of carbonyl (C=O) groups excluding carboxylic acids is 2. The molecule has 23 heavy (non-hydrogen) atoms. The summed E-state index contributed by atoms with van der Waals surface area (Å²) in [4.78, 5) is 25.0. The van der Waals surface area contributed by atoms with Gasteiger partial charge in [0.05, 0.1) is 5.56 Å². The Balaban J connectivity index is 1.88. The summed E-state index contributed by atoms with van der Waals surface area (Å²) in [5.74, 6) is 0.279. The maximum absolute atomic E-state index is 12.4. The lowest BCUT2D eigenvalue weighted by Gasteiger charge is -2.18. The fraction of sp³-hybridized carbons (Fsp3) is 0.250. The highest BCUT2D eigenvalue weighted by Crippen LogP contribution is 2.34. The standard InChI is InChI=1S/C16H16N2O4S/c1-8-9(2)23-16(13(8)14(17)19)18-15(20)10-3-4-11-12(7-10)22-6-5-21-11/h3-4,7H,5-6H2,1-2H3,(H2,17,19)(H,18,20). The average molecular weight is 332 g/mol. The zero-order valence-electron chi connectivity index (χ0n) is 12.8. The van der Waals surface area contributed by atoms with Crippen molar-refractivity contribution >= 4 is 28.2 Å². The molecule has 0 radical (unpaired) electrons. The highest BCUT2D eigenvalue weighted by Gasteiger charge is 2.20. The van der Waals surface area contributed by atoms with E-state index in [-0.39, 0.29) is 5.91 Å². The second-order valence-electron chi connectivity index (χ2n) is 5.16. The van der Waals surface area contributed by atoms with Crippen LogP contribution in [0.4, 0.5) is 5.00 Å². The zero-order valence-corrected chi connectivity index (χ0v) is 13.6. The number of ether oxygens (including phenoxy) is 2. The normalized spacial score (nSPS) is 12.8. The van der Waals surface area contributed by atoms with Gasteiger partial charge in [0.25, 0.3) is 11.8 Å². The summed E-state index contributed by atoms with van der Waals surface area (Å²) >= 11 is 1.33. The summed E-state index contributed by atoms with van der Waals surface area (Å²) in [6.45, 7) is 4.64. The van der Waals surface area contributed by atoms with Crippen LogP contribution in [0.25, 0.3) is 0 Å². The maximum Gasteiger partial charge on any atom is 0.256 e. The van der Waals surface area contributed by atoms with Crippen molar-refractivity contribution in [3.8, 4) is 11.5 Å². The molecule has 0 saturated heterocycles. The first kappa shape index (κ1) is 15.4. The van der Waals surface area contributed by atoms with E-state index >= 15 is 0 Å². The summed E-state index contributed by atoms with van der Waals surface area (Å²) in [6, 6.07) is 4.98. The summed E-state index contributed by atoms with van der Waals surface area (Å²) in [6.07, 6.45) is 0. The van der Waals surface area contributed by atoms with Crippen molar-refractivity contribution in [1.82, 2.24) is 0 Å². The monoisotopic (exact) mass is 332 g/mol. The quantitative estimate of drug-likeness (QED) is 0.903. The minimum Gasteiger partial charge on any atom is -0.486 e. The Labute approximate surface area is 137 Å². The summed E-state index contributed by atoms with van der Waals surface area (Å²) < 4.78 is 10.9. The summed E-state index contributed by atoms with van der Waals surface area (Å²) in [5, 5.41) is 3.22. The second-order valence-corrected chi connectivity index (χ2v) is 6.39. The molecule has 0 spiro atoms. The molecule has 0 fully saturated rings. The minimum atomic E-state index is -0.552. The van der Waals surface area contributed by atoms with Crippen molar-refractivity contribution in [2.24, 2.45) is 5.73 Å². The lowest BCUT2D eigenvalue weighted by atomic mass is 10.1. The molecule has 2 aromatic rings. The van der Waals surface area contributed by atoms with Crippen molar-refractivity contribution in [1.29, 1.82) is 0 Å². The molecular weight excluding hydrogens is 316 g/mol. The highest BCUT2D eigenvalue weighted by molar-refractivity contribution is 7.16. The van der Waals surface area contributed by atoms with Crippen LogP contribution in [0.3, 0.4) is 0 Å². The van der Waals surface area contributed by atoms with Crippen LogP contribution in [0.15, 0.2) is 18.2 Å². The van der Waals surface area contributed by atoms with E-state index in [1.807, 2.05) is 13.8 Å². The van der Waals surface area contributed by atoms with Crippen LogP contribution in [-0.2, 0) is 0 Å². The van der Waals surface area contributed by atoms with Crippen LogP contribution >= 0.6 is 11.3 Å². The van der Waals surface area contributed by atoms with Crippen LogP contribution in [0.5, 0.6) is 11.5 Å². The smallest absolute Gasteiger partial charge is 0.256 e. The van der Waals surface area contributed by atoms with E-state index in [0.29, 0.717) is 40.8 Å². The van der Waals surface area contributed by atoms with Crippen molar-refractivity contribution in [2.75, 3.05) is 18.5 Å². The number of nitrogens with two attached hydrogens (primary N) is 1. The van der Waals surface area contributed by atoms with Gasteiger partial charge in [-0.2, -0.15) is 0 Å². The molecule has 1 aliphatic heterocycles. The van der Waals surface area contributed by atoms with Crippen molar-refractivity contribution < 1.29 is 19.1 Å². The molecule has 0 bridgehead atoms. The highest BCUT2D eigenvalue weighted by atomic mass is 32.1. The number of hydrogen-bond donors (Lipinski definition) is 2. The Morgan fingerprint density at radius 1 is 1.17 bits per heavy atom. The third-order valence-corrected chi connectivity index (χ3v) is 4.79. The Morgan fingerprint density at radius 3 is 2.57 bits per heavy atom. The molecule has 0 saturated carbocycles. The first-order valence-corrected chi connectivity index (χ1v) is 7.90. The lowest BCUT2D eigenvalue weighted by Crippen LogP contribution is -2.19. The van der Waals surface area contributed by atoms with Gasteiger partial charge >= 0.3 is 0 Å². The van der Waals surface area contributed by atoms with Gasteiger partial charge in [0.2, 0.25) is 0 Å². The number of carbonyl (C=O) groups is 2. The SMILES string of the molecule is Cc1sc(NC(=O)c2ccc3c(c2)OCCO3)c(C(N)=O)c1C. The molecule has 6 nitrogen and oxygen atoms in total. The van der Waals surface area contributed by atoms with Gasteiger partial charge in [0, 0.05) is 10.4 Å². The minimum absolute atomic E-state index is 0.328. The largest absolute Gasteiger partial charge is 0.486 e. The van der Waals surface area contributed by atoms with Gasteiger partial charge in [-0.05, 0) is 37.6 Å². The molecule has 2 amide bonds. The fourth-order valence-corrected chi connectivity index (χ4v) is 3.43. The molecule has 0 aliphatic carbocycles. The van der Waals surface area contributed by atoms with E-state index in [9.17, 15) is 9.59 Å². The van der Waals surface area contributed by atoms with Gasteiger partial charge in [-0.15, -0.1) is 11.3 Å². The number of rotatable bonds is 3. The van der Waals surface area contributed by atoms with Crippen molar-refractivity contribution in [3.63, 3.8) is 0 Å². The number of fused-ring (bicyclic) bond motifs is 1. The van der Waals surface area contributed by atoms with Crippen LogP contribution in [0.1, 0.15) is 31.2 Å². The molecule has 1 aromatic carbocycles. The maximum atomic E-state index is 12.4. The number of benzene rings is 1. The topological polar surface area (TPSA) is 90.7 Å². The molecule has 1 aromatic heterocycles. The number of amides is 2. The molecule has 120 valence electrons. The van der Waals surface area contributed by atoms with Gasteiger partial charge in [-0.1, -0.05) is 0 Å². The van der Waals surface area contributed by atoms with E-state index < -0.39 is 5.91 Å². The third kappa shape index (κ3) is 2.87. The predicted molar refractivity (Wildman–Crippen MR) is 87.7 cm³/mol. The number of hydrogen-bond acceptors (Lipinski definition) is 5. The van der Waals surface area contributed by atoms with Crippen molar-refractivity contribution in [3.05, 3.63) is 39.8 Å². The predicted octanol–water partition coefficient (Wildman–Crippen LogP) is 2.49. The third-order valence-electron chi connectivity index (χ3n) is 3.66. The number of aryl methyl sites for hydroxylation is 1. The van der Waals surface area contributed by atoms with Gasteiger partial charge < -0.3 is 20.5 Å². The Hall–Kier alpha value is -2.54. The van der Waals surface area contributed by atoms with E-state index in [2.05, 4.69) is 5.32 Å². The number of thiophene rings is 1. The fourth-order valence-electron chi connectivity index (χ4n) is 2.37. The van der Waals surface area contributed by atoms with Gasteiger partial charge in [-0.25, -0.2) is 0 Å². The molecule has 7 heteroatoms. The lowest BCUT2D eigenvalue weighted by molar-refractivity contribution is 0.100. The number of anilines is 1. The van der Waals surface area contributed by atoms with Crippen LogP contribution in [0, 0.1) is 13.8 Å². The molecule has 3 rings (SSSR count). The molecule has 0 atom stereocenters. The van der Waals surface area contributed by atoms with Crippen LogP contribution < -0.4 is 20.5 Å². The molecule has 3 N–H and O–H groups in total. The summed E-state index contributed by atoms with van der Waals surface area (Å²) in [7, 11) is 0. The average Bonchev–Trinajstić information content (AvgIpc) is 2.81. The molecule has 2 heterocycles. The van der Waals surface area contributed by atoms with Crippen LogP contribution in [-0.4, -0.2) is 25.0 Å². The molecule has 1 aliphatic rings. The Kier molecular flexibility index (Phi) is 3.96. The first-order valence-electron chi connectivity index (χ1n) is 7.08. The van der Waals surface area contributed by atoms with E-state index in [1.165, 1.54) is 11.3 Å². The molecule has 0 unspecified atom stereocenters. The summed E-state index contributed by atoms with van der Waals surface area (Å²) in [5.41, 5.74) is 6.99. The second kappa shape index (κ2) is 5.92. The Morgan fingerprint density at radius 2 is 1.87 bits per heavy atom. The molecular formula is C16H16N2O4S. The number of primary amides is 1. The van der Waals surface area contributed by atoms with E-state index in [4.69, 9.17) is 15.2 Å². The van der Waals surface area contributed by atoms with Crippen LogP contribution in [0.2, 0.25) is 0 Å². The van der Waals surface area contributed by atoms with E-state index in [1.54, 1.807) is 18.2 Å². The van der Waals surface area contributed by atoms with Crippen molar-refractivity contribution in [2.45, 2.75) is 13.8 Å². The van der Waals surface area contributed by atoms with Gasteiger partial charge in [0.1, 0.15) is 18.2 Å². The Bertz CT molecular complexity index is 798. The van der Waals surface area contributed by atoms with Gasteiger partial charge in [-0.3, -0.25) is 9.59 Å². The zero-order chi connectivity index (χ0) is 16.6. The van der Waals surface area contributed by atoms with E-state index in [0.717, 1.165) is 10.4 Å². The first-order chi connectivity index (χ1) is 11.0. The number of nitrogens with one attached hydrogen (secondary N) is 1.